The van der Waals surface area contributed by atoms with Gasteiger partial charge in [0.15, 0.2) is 0 Å². The normalized spacial score (nSPS) is 26.9. The van der Waals surface area contributed by atoms with E-state index in [1.807, 2.05) is 0 Å². The van der Waals surface area contributed by atoms with Crippen LogP contribution in [0, 0.1) is 5.92 Å². The summed E-state index contributed by atoms with van der Waals surface area (Å²) in [5.41, 5.74) is 7.46. The lowest BCUT2D eigenvalue weighted by Gasteiger charge is -2.39. The molecule has 1 aliphatic carbocycles. The molecule has 0 spiro atoms. The van der Waals surface area contributed by atoms with Crippen LogP contribution < -0.4 is 11.1 Å². The van der Waals surface area contributed by atoms with Crippen molar-refractivity contribution in [3.05, 3.63) is 16.6 Å². The van der Waals surface area contributed by atoms with Crippen molar-refractivity contribution < 1.29 is 4.79 Å². The Kier molecular flexibility index (Phi) is 4.52. The lowest BCUT2D eigenvalue weighted by atomic mass is 9.75. The summed E-state index contributed by atoms with van der Waals surface area (Å²) < 4.78 is 0. The van der Waals surface area contributed by atoms with Gasteiger partial charge in [0.2, 0.25) is 0 Å². The molecule has 6 heteroatoms. The summed E-state index contributed by atoms with van der Waals surface area (Å²) >= 11 is 6.60. The van der Waals surface area contributed by atoms with Gasteiger partial charge >= 0.3 is 0 Å². The molecule has 0 saturated heterocycles. The van der Waals surface area contributed by atoms with Gasteiger partial charge in [0, 0.05) is 5.38 Å². The molecule has 104 valence electrons. The summed E-state index contributed by atoms with van der Waals surface area (Å²) in [6.07, 6.45) is 4.96. The van der Waals surface area contributed by atoms with E-state index in [0.717, 1.165) is 31.6 Å². The number of hydrogen-bond acceptors (Lipinski definition) is 4. The summed E-state index contributed by atoms with van der Waals surface area (Å²) in [6, 6.07) is 0. The lowest BCUT2D eigenvalue weighted by molar-refractivity contribution is 0.0894. The van der Waals surface area contributed by atoms with E-state index >= 15 is 0 Å². The van der Waals surface area contributed by atoms with E-state index in [4.69, 9.17) is 18.0 Å². The summed E-state index contributed by atoms with van der Waals surface area (Å²) in [5.74, 6) is 0.544. The molecule has 0 unspecified atom stereocenters. The number of thiazole rings is 1. The van der Waals surface area contributed by atoms with Crippen LogP contribution in [0.4, 0.5) is 0 Å². The van der Waals surface area contributed by atoms with Crippen LogP contribution in [0.25, 0.3) is 0 Å². The second kappa shape index (κ2) is 5.96. The first-order chi connectivity index (χ1) is 9.07. The van der Waals surface area contributed by atoms with E-state index in [-0.39, 0.29) is 5.91 Å². The molecule has 0 aliphatic heterocycles. The molecule has 1 aromatic heterocycles. The minimum absolute atomic E-state index is 0.177. The largest absolute Gasteiger partial charge is 0.391 e. The smallest absolute Gasteiger partial charge is 0.271 e. The number of carbonyl (C=O) groups is 1. The average Bonchev–Trinajstić information content (AvgIpc) is 2.93. The van der Waals surface area contributed by atoms with Gasteiger partial charge in [-0.25, -0.2) is 4.98 Å². The molecule has 0 aromatic carbocycles. The summed E-state index contributed by atoms with van der Waals surface area (Å²) in [7, 11) is 0. The maximum Gasteiger partial charge on any atom is 0.271 e. The standard InChI is InChI=1S/C13H19N3OS2/c1-2-9-3-5-13(6-4-9,12(14)18)16-11(17)10-7-19-8-15-10/h7-9H,2-6H2,1H3,(H2,14,18)(H,16,17). The van der Waals surface area contributed by atoms with Crippen LogP contribution in [0.2, 0.25) is 0 Å². The molecule has 1 heterocycles. The van der Waals surface area contributed by atoms with Crippen molar-refractivity contribution >= 4 is 34.5 Å². The van der Waals surface area contributed by atoms with Crippen LogP contribution in [0.3, 0.4) is 0 Å². The Hall–Kier alpha value is -1.01. The van der Waals surface area contributed by atoms with Crippen molar-refractivity contribution in [1.29, 1.82) is 0 Å². The molecule has 1 saturated carbocycles. The van der Waals surface area contributed by atoms with Gasteiger partial charge in [0.1, 0.15) is 5.69 Å². The molecule has 0 bridgehead atoms. The Balaban J connectivity index is 2.09. The quantitative estimate of drug-likeness (QED) is 0.838. The van der Waals surface area contributed by atoms with E-state index in [0.29, 0.717) is 10.7 Å². The fourth-order valence-corrected chi connectivity index (χ4v) is 3.40. The van der Waals surface area contributed by atoms with Crippen LogP contribution >= 0.6 is 23.6 Å². The SMILES string of the molecule is CCC1CCC(NC(=O)c2cscn2)(C(N)=S)CC1. The zero-order chi connectivity index (χ0) is 13.9. The number of carbonyl (C=O) groups excluding carboxylic acids is 1. The van der Waals surface area contributed by atoms with Crippen LogP contribution in [0.15, 0.2) is 10.9 Å². The van der Waals surface area contributed by atoms with Crippen LogP contribution in [-0.4, -0.2) is 21.4 Å². The van der Waals surface area contributed by atoms with E-state index in [9.17, 15) is 4.79 Å². The third-order valence-corrected chi connectivity index (χ3v) is 5.00. The number of thiocarbonyl (C=S) groups is 1. The number of nitrogens with one attached hydrogen (secondary N) is 1. The number of hydrogen-bond donors (Lipinski definition) is 2. The third-order valence-electron chi connectivity index (χ3n) is 4.03. The molecule has 19 heavy (non-hydrogen) atoms. The summed E-state index contributed by atoms with van der Waals surface area (Å²) in [6.45, 7) is 2.20. The van der Waals surface area contributed by atoms with Gasteiger partial charge in [0.05, 0.1) is 16.0 Å². The first kappa shape index (κ1) is 14.4. The number of rotatable bonds is 4. The number of nitrogens with zero attached hydrogens (tertiary/aromatic N) is 1. The molecule has 1 aromatic rings. The van der Waals surface area contributed by atoms with Gasteiger partial charge in [-0.1, -0.05) is 25.6 Å². The second-order valence-corrected chi connectivity index (χ2v) is 6.28. The predicted molar refractivity (Wildman–Crippen MR) is 81.3 cm³/mol. The van der Waals surface area contributed by atoms with E-state index in [1.54, 1.807) is 10.9 Å². The Morgan fingerprint density at radius 1 is 1.63 bits per heavy atom. The van der Waals surface area contributed by atoms with Crippen LogP contribution in [0.5, 0.6) is 0 Å². The Bertz CT molecular complexity index is 450. The molecular weight excluding hydrogens is 278 g/mol. The first-order valence-electron chi connectivity index (χ1n) is 6.58. The van der Waals surface area contributed by atoms with Gasteiger partial charge in [0.25, 0.3) is 5.91 Å². The fraction of sp³-hybridized carbons (Fsp3) is 0.615. The highest BCUT2D eigenvalue weighted by molar-refractivity contribution is 7.80. The molecule has 4 nitrogen and oxygen atoms in total. The topological polar surface area (TPSA) is 68.0 Å². The van der Waals surface area contributed by atoms with Crippen LogP contribution in [-0.2, 0) is 0 Å². The van der Waals surface area contributed by atoms with Gasteiger partial charge in [-0.2, -0.15) is 0 Å². The van der Waals surface area contributed by atoms with Gasteiger partial charge in [-0.05, 0) is 31.6 Å². The molecule has 3 N–H and O–H groups in total. The predicted octanol–water partition coefficient (Wildman–Crippen LogP) is 2.50. The summed E-state index contributed by atoms with van der Waals surface area (Å²) in [5, 5.41) is 4.75. The minimum Gasteiger partial charge on any atom is -0.391 e. The maximum absolute atomic E-state index is 12.2. The molecule has 1 aliphatic rings. The van der Waals surface area contributed by atoms with Crippen LogP contribution in [0.1, 0.15) is 49.5 Å². The highest BCUT2D eigenvalue weighted by Crippen LogP contribution is 2.34. The lowest BCUT2D eigenvalue weighted by Crippen LogP contribution is -2.58. The minimum atomic E-state index is -0.526. The Morgan fingerprint density at radius 2 is 2.32 bits per heavy atom. The zero-order valence-electron chi connectivity index (χ0n) is 11.0. The number of nitrogens with two attached hydrogens (primary N) is 1. The molecule has 0 atom stereocenters. The molecular formula is C13H19N3OS2. The van der Waals surface area contributed by atoms with Gasteiger partial charge in [-0.3, -0.25) is 4.79 Å². The fourth-order valence-electron chi connectivity index (χ4n) is 2.62. The van der Waals surface area contributed by atoms with Gasteiger partial charge in [-0.15, -0.1) is 11.3 Å². The maximum atomic E-state index is 12.2. The van der Waals surface area contributed by atoms with E-state index in [2.05, 4.69) is 17.2 Å². The number of amides is 1. The van der Waals surface area contributed by atoms with Crippen molar-refractivity contribution in [2.24, 2.45) is 11.7 Å². The molecule has 1 fully saturated rings. The highest BCUT2D eigenvalue weighted by Gasteiger charge is 2.39. The second-order valence-electron chi connectivity index (χ2n) is 5.13. The zero-order valence-corrected chi connectivity index (χ0v) is 12.6. The van der Waals surface area contributed by atoms with Crippen molar-refractivity contribution in [2.75, 3.05) is 0 Å². The highest BCUT2D eigenvalue weighted by atomic mass is 32.1. The van der Waals surface area contributed by atoms with Crippen molar-refractivity contribution in [3.63, 3.8) is 0 Å². The van der Waals surface area contributed by atoms with E-state index in [1.165, 1.54) is 17.8 Å². The molecule has 0 radical (unpaired) electrons. The molecule has 1 amide bonds. The van der Waals surface area contributed by atoms with Gasteiger partial charge < -0.3 is 11.1 Å². The van der Waals surface area contributed by atoms with E-state index < -0.39 is 5.54 Å². The van der Waals surface area contributed by atoms with Crippen molar-refractivity contribution in [2.45, 2.75) is 44.6 Å². The molecule has 2 rings (SSSR count). The number of aromatic nitrogens is 1. The Labute approximate surface area is 122 Å². The van der Waals surface area contributed by atoms with Crippen molar-refractivity contribution in [3.8, 4) is 0 Å². The summed E-state index contributed by atoms with van der Waals surface area (Å²) in [4.78, 5) is 16.6. The monoisotopic (exact) mass is 297 g/mol. The first-order valence-corrected chi connectivity index (χ1v) is 7.93. The third kappa shape index (κ3) is 3.12. The Morgan fingerprint density at radius 3 is 2.79 bits per heavy atom. The average molecular weight is 297 g/mol. The van der Waals surface area contributed by atoms with Crippen molar-refractivity contribution in [1.82, 2.24) is 10.3 Å².